The van der Waals surface area contributed by atoms with Crippen LogP contribution in [-0.4, -0.2) is 27.9 Å². The van der Waals surface area contributed by atoms with Crippen molar-refractivity contribution < 1.29 is 14.5 Å². The molecule has 0 bridgehead atoms. The molecule has 0 aliphatic heterocycles. The summed E-state index contributed by atoms with van der Waals surface area (Å²) in [6.07, 6.45) is 1.77. The molecule has 0 saturated carbocycles. The van der Waals surface area contributed by atoms with Gasteiger partial charge in [0.2, 0.25) is 0 Å². The van der Waals surface area contributed by atoms with Crippen molar-refractivity contribution in [1.82, 2.24) is 15.3 Å². The molecule has 0 fully saturated rings. The fraction of sp³-hybridized carbons (Fsp3) is 0.0435. The van der Waals surface area contributed by atoms with E-state index >= 15 is 0 Å². The van der Waals surface area contributed by atoms with Gasteiger partial charge in [-0.1, -0.05) is 30.3 Å². The molecule has 1 aromatic heterocycles. The number of nitrogens with one attached hydrogen (secondary N) is 2. The van der Waals surface area contributed by atoms with E-state index in [1.807, 2.05) is 30.3 Å². The number of aromatic amines is 1. The average molecular weight is 414 g/mol. The van der Waals surface area contributed by atoms with E-state index in [-0.39, 0.29) is 11.6 Å². The zero-order chi connectivity index (χ0) is 21.8. The molecule has 8 heteroatoms. The van der Waals surface area contributed by atoms with Gasteiger partial charge in [0.05, 0.1) is 28.8 Å². The molecule has 0 spiro atoms. The Bertz CT molecular complexity index is 1280. The van der Waals surface area contributed by atoms with E-state index in [0.717, 1.165) is 5.56 Å². The first-order valence-electron chi connectivity index (χ1n) is 9.40. The summed E-state index contributed by atoms with van der Waals surface area (Å²) in [7, 11) is 1.59. The quantitative estimate of drug-likeness (QED) is 0.359. The molecule has 154 valence electrons. The molecular formula is C23H18N4O4. The van der Waals surface area contributed by atoms with Crippen molar-refractivity contribution in [2.45, 2.75) is 0 Å². The second kappa shape index (κ2) is 8.50. The van der Waals surface area contributed by atoms with Gasteiger partial charge in [-0.15, -0.1) is 0 Å². The third-order valence-electron chi connectivity index (χ3n) is 4.64. The first-order valence-corrected chi connectivity index (χ1v) is 9.40. The lowest BCUT2D eigenvalue weighted by atomic mass is 10.1. The molecule has 0 saturated heterocycles. The van der Waals surface area contributed by atoms with Crippen molar-refractivity contribution in [3.63, 3.8) is 0 Å². The van der Waals surface area contributed by atoms with Crippen molar-refractivity contribution in [3.05, 3.63) is 99.9 Å². The highest BCUT2D eigenvalue weighted by Crippen LogP contribution is 2.23. The highest BCUT2D eigenvalue weighted by atomic mass is 16.6. The summed E-state index contributed by atoms with van der Waals surface area (Å²) in [5.41, 5.74) is 2.74. The number of methoxy groups -OCH3 is 1. The van der Waals surface area contributed by atoms with E-state index in [2.05, 4.69) is 15.3 Å². The van der Waals surface area contributed by atoms with Gasteiger partial charge in [0.15, 0.2) is 5.82 Å². The average Bonchev–Trinajstić information content (AvgIpc) is 3.23. The third kappa shape index (κ3) is 4.43. The maximum Gasteiger partial charge on any atom is 0.271 e. The molecule has 1 amide bonds. The summed E-state index contributed by atoms with van der Waals surface area (Å²) in [5, 5.41) is 14.0. The van der Waals surface area contributed by atoms with Crippen LogP contribution in [0.25, 0.3) is 22.8 Å². The zero-order valence-corrected chi connectivity index (χ0v) is 16.5. The Balaban J connectivity index is 1.75. The number of fused-ring (bicyclic) bond motifs is 1. The number of nitro groups is 1. The number of hydrogen-bond donors (Lipinski definition) is 2. The zero-order valence-electron chi connectivity index (χ0n) is 16.5. The Morgan fingerprint density at radius 3 is 2.52 bits per heavy atom. The first kappa shape index (κ1) is 19.8. The Morgan fingerprint density at radius 1 is 1.10 bits per heavy atom. The SMILES string of the molecule is COc1ccc(/C=C(/NC(=O)c2ccccc2)c2nc3ccc([N+](=O)[O-])cc3[nH]2)cc1. The summed E-state index contributed by atoms with van der Waals surface area (Å²) >= 11 is 0. The van der Waals surface area contributed by atoms with Crippen LogP contribution in [0, 0.1) is 10.1 Å². The molecule has 0 radical (unpaired) electrons. The standard InChI is InChI=1S/C23H18N4O4/c1-31-18-10-7-15(8-11-18)13-21(26-23(28)16-5-3-2-4-6-16)22-24-19-12-9-17(27(29)30)14-20(19)25-22/h2-14H,1H3,(H,24,25)(H,26,28)/b21-13+. The normalized spacial score (nSPS) is 11.3. The third-order valence-corrected chi connectivity index (χ3v) is 4.64. The predicted octanol–water partition coefficient (Wildman–Crippen LogP) is 4.41. The van der Waals surface area contributed by atoms with E-state index in [0.29, 0.717) is 33.9 Å². The number of amides is 1. The van der Waals surface area contributed by atoms with Crippen molar-refractivity contribution in [3.8, 4) is 5.75 Å². The molecule has 3 aromatic carbocycles. The van der Waals surface area contributed by atoms with Crippen molar-refractivity contribution in [1.29, 1.82) is 0 Å². The molecule has 4 rings (SSSR count). The fourth-order valence-corrected chi connectivity index (χ4v) is 3.05. The molecule has 0 unspecified atom stereocenters. The number of carbonyl (C=O) groups is 1. The van der Waals surface area contributed by atoms with E-state index in [4.69, 9.17) is 4.74 Å². The Morgan fingerprint density at radius 2 is 1.84 bits per heavy atom. The lowest BCUT2D eigenvalue weighted by molar-refractivity contribution is -0.384. The van der Waals surface area contributed by atoms with Crippen LogP contribution >= 0.6 is 0 Å². The molecule has 0 aliphatic carbocycles. The number of H-pyrrole nitrogens is 1. The number of non-ortho nitro benzene ring substituents is 1. The molecule has 4 aromatic rings. The number of hydrogen-bond acceptors (Lipinski definition) is 5. The van der Waals surface area contributed by atoms with Crippen LogP contribution in [0.5, 0.6) is 5.75 Å². The maximum absolute atomic E-state index is 12.8. The highest BCUT2D eigenvalue weighted by molar-refractivity contribution is 6.01. The minimum atomic E-state index is -0.467. The number of nitro benzene ring substituents is 1. The van der Waals surface area contributed by atoms with Gasteiger partial charge in [-0.05, 0) is 42.0 Å². The summed E-state index contributed by atoms with van der Waals surface area (Å²) in [6, 6.07) is 20.5. The number of imidazole rings is 1. The maximum atomic E-state index is 12.8. The van der Waals surface area contributed by atoms with E-state index in [9.17, 15) is 14.9 Å². The van der Waals surface area contributed by atoms with Crippen LogP contribution in [0.15, 0.2) is 72.8 Å². The second-order valence-electron chi connectivity index (χ2n) is 6.70. The van der Waals surface area contributed by atoms with Crippen molar-refractivity contribution in [2.24, 2.45) is 0 Å². The molecule has 1 heterocycles. The lowest BCUT2D eigenvalue weighted by Crippen LogP contribution is -2.22. The first-order chi connectivity index (χ1) is 15.0. The van der Waals surface area contributed by atoms with Gasteiger partial charge in [-0.25, -0.2) is 4.98 Å². The number of carbonyl (C=O) groups excluding carboxylic acids is 1. The van der Waals surface area contributed by atoms with E-state index in [1.165, 1.54) is 12.1 Å². The van der Waals surface area contributed by atoms with Gasteiger partial charge in [0.1, 0.15) is 5.75 Å². The number of aromatic nitrogens is 2. The summed E-state index contributed by atoms with van der Waals surface area (Å²) in [5.74, 6) is 0.797. The van der Waals surface area contributed by atoms with Crippen LogP contribution in [0.4, 0.5) is 5.69 Å². The molecule has 0 aliphatic rings. The highest BCUT2D eigenvalue weighted by Gasteiger charge is 2.15. The molecule has 8 nitrogen and oxygen atoms in total. The minimum Gasteiger partial charge on any atom is -0.497 e. The minimum absolute atomic E-state index is 0.0447. The smallest absolute Gasteiger partial charge is 0.271 e. The summed E-state index contributed by atoms with van der Waals surface area (Å²) in [6.45, 7) is 0. The van der Waals surface area contributed by atoms with Crippen molar-refractivity contribution in [2.75, 3.05) is 7.11 Å². The van der Waals surface area contributed by atoms with Crippen LogP contribution in [-0.2, 0) is 0 Å². The summed E-state index contributed by atoms with van der Waals surface area (Å²) < 4.78 is 5.19. The monoisotopic (exact) mass is 414 g/mol. The lowest BCUT2D eigenvalue weighted by Gasteiger charge is -2.09. The Hall–Kier alpha value is -4.46. The number of nitrogens with zero attached hydrogens (tertiary/aromatic N) is 2. The topological polar surface area (TPSA) is 110 Å². The van der Waals surface area contributed by atoms with Gasteiger partial charge in [-0.2, -0.15) is 0 Å². The van der Waals surface area contributed by atoms with Gasteiger partial charge in [0, 0.05) is 17.7 Å². The molecule has 31 heavy (non-hydrogen) atoms. The number of benzene rings is 3. The fourth-order valence-electron chi connectivity index (χ4n) is 3.05. The Kier molecular flexibility index (Phi) is 5.44. The summed E-state index contributed by atoms with van der Waals surface area (Å²) in [4.78, 5) is 31.0. The largest absolute Gasteiger partial charge is 0.497 e. The van der Waals surface area contributed by atoms with Crippen molar-refractivity contribution >= 4 is 34.4 Å². The van der Waals surface area contributed by atoms with Gasteiger partial charge >= 0.3 is 0 Å². The van der Waals surface area contributed by atoms with Crippen LogP contribution in [0.2, 0.25) is 0 Å². The van der Waals surface area contributed by atoms with Crippen LogP contribution in [0.3, 0.4) is 0 Å². The van der Waals surface area contributed by atoms with E-state index in [1.54, 1.807) is 43.5 Å². The predicted molar refractivity (Wildman–Crippen MR) is 118 cm³/mol. The van der Waals surface area contributed by atoms with Gasteiger partial charge < -0.3 is 15.0 Å². The Labute approximate surface area is 177 Å². The molecule has 0 atom stereocenters. The molecule has 2 N–H and O–H groups in total. The van der Waals surface area contributed by atoms with E-state index < -0.39 is 4.92 Å². The van der Waals surface area contributed by atoms with Gasteiger partial charge in [-0.3, -0.25) is 14.9 Å². The second-order valence-corrected chi connectivity index (χ2v) is 6.70. The molecular weight excluding hydrogens is 396 g/mol. The number of ether oxygens (including phenoxy) is 1. The van der Waals surface area contributed by atoms with Gasteiger partial charge in [0.25, 0.3) is 11.6 Å². The number of rotatable bonds is 6. The van der Waals surface area contributed by atoms with Crippen LogP contribution < -0.4 is 10.1 Å². The van der Waals surface area contributed by atoms with Crippen LogP contribution in [0.1, 0.15) is 21.7 Å².